The third kappa shape index (κ3) is 3.23. The van der Waals surface area contributed by atoms with Gasteiger partial charge in [0.1, 0.15) is 5.82 Å². The molecule has 92 valence electrons. The van der Waals surface area contributed by atoms with E-state index in [1.165, 1.54) is 18.6 Å². The number of rotatable bonds is 5. The van der Waals surface area contributed by atoms with Gasteiger partial charge >= 0.3 is 0 Å². The molecule has 1 N–H and O–H groups in total. The van der Waals surface area contributed by atoms with Crippen LogP contribution in [0.25, 0.3) is 0 Å². The molecule has 0 heterocycles. The maximum Gasteiger partial charge on any atom is 0.272 e. The van der Waals surface area contributed by atoms with Crippen molar-refractivity contribution in [1.29, 1.82) is 0 Å². The molecule has 1 aromatic rings. The summed E-state index contributed by atoms with van der Waals surface area (Å²) < 4.78 is 13.1. The van der Waals surface area contributed by atoms with Crippen LogP contribution >= 0.6 is 0 Å². The Morgan fingerprint density at radius 2 is 2.24 bits per heavy atom. The largest absolute Gasteiger partial charge is 0.312 e. The van der Waals surface area contributed by atoms with Gasteiger partial charge in [-0.3, -0.25) is 10.1 Å². The van der Waals surface area contributed by atoms with E-state index in [1.54, 1.807) is 0 Å². The predicted octanol–water partition coefficient (Wildman–Crippen LogP) is 2.48. The molecule has 1 saturated carbocycles. The Kier molecular flexibility index (Phi) is 3.38. The lowest BCUT2D eigenvalue weighted by Gasteiger charge is -2.04. The summed E-state index contributed by atoms with van der Waals surface area (Å²) in [5, 5.41) is 13.8. The molecular weight excluding hydrogens is 223 g/mol. The fourth-order valence-corrected chi connectivity index (χ4v) is 1.93. The average molecular weight is 238 g/mol. The van der Waals surface area contributed by atoms with Crippen LogP contribution in [0.2, 0.25) is 0 Å². The maximum absolute atomic E-state index is 13.1. The zero-order chi connectivity index (χ0) is 12.4. The number of nitro groups is 1. The van der Waals surface area contributed by atoms with Gasteiger partial charge in [0.2, 0.25) is 0 Å². The van der Waals surface area contributed by atoms with Crippen molar-refractivity contribution in [1.82, 2.24) is 5.32 Å². The zero-order valence-corrected chi connectivity index (χ0v) is 9.65. The number of benzene rings is 1. The summed E-state index contributed by atoms with van der Waals surface area (Å²) in [4.78, 5) is 9.99. The first-order valence-corrected chi connectivity index (χ1v) is 5.71. The number of nitro benzene ring substituents is 1. The molecule has 2 rings (SSSR count). The van der Waals surface area contributed by atoms with Crippen LogP contribution in [-0.2, 0) is 6.54 Å². The van der Waals surface area contributed by atoms with E-state index in [4.69, 9.17) is 0 Å². The third-order valence-electron chi connectivity index (χ3n) is 3.16. The molecule has 1 aliphatic carbocycles. The molecule has 0 spiro atoms. The van der Waals surface area contributed by atoms with Gasteiger partial charge in [-0.05, 0) is 36.4 Å². The van der Waals surface area contributed by atoms with Crippen molar-refractivity contribution in [2.24, 2.45) is 11.8 Å². The molecule has 2 unspecified atom stereocenters. The maximum atomic E-state index is 13.1. The van der Waals surface area contributed by atoms with Crippen molar-refractivity contribution in [3.8, 4) is 0 Å². The summed E-state index contributed by atoms with van der Waals surface area (Å²) in [6.45, 7) is 3.56. The second-order valence-electron chi connectivity index (χ2n) is 4.68. The Morgan fingerprint density at radius 1 is 1.53 bits per heavy atom. The van der Waals surface area contributed by atoms with Crippen molar-refractivity contribution in [3.63, 3.8) is 0 Å². The molecule has 1 fully saturated rings. The Hall–Kier alpha value is -1.49. The fourth-order valence-electron chi connectivity index (χ4n) is 1.93. The number of halogens is 1. The van der Waals surface area contributed by atoms with E-state index in [0.29, 0.717) is 18.0 Å². The van der Waals surface area contributed by atoms with Crippen LogP contribution in [0.3, 0.4) is 0 Å². The van der Waals surface area contributed by atoms with Crippen LogP contribution in [0.15, 0.2) is 18.2 Å². The lowest BCUT2D eigenvalue weighted by Crippen LogP contribution is -2.17. The van der Waals surface area contributed by atoms with Crippen molar-refractivity contribution < 1.29 is 9.31 Å². The van der Waals surface area contributed by atoms with Gasteiger partial charge < -0.3 is 5.32 Å². The van der Waals surface area contributed by atoms with Gasteiger partial charge in [0.25, 0.3) is 5.69 Å². The summed E-state index contributed by atoms with van der Waals surface area (Å²) in [5.41, 5.74) is 0.423. The fraction of sp³-hybridized carbons (Fsp3) is 0.500. The van der Waals surface area contributed by atoms with Gasteiger partial charge in [0.15, 0.2) is 0 Å². The highest BCUT2D eigenvalue weighted by Gasteiger charge is 2.31. The van der Waals surface area contributed by atoms with Crippen LogP contribution in [0.1, 0.15) is 18.9 Å². The number of non-ortho nitro benzene ring substituents is 1. The second kappa shape index (κ2) is 4.79. The summed E-state index contributed by atoms with van der Waals surface area (Å²) >= 11 is 0. The number of nitrogens with zero attached hydrogens (tertiary/aromatic N) is 1. The van der Waals surface area contributed by atoms with Gasteiger partial charge in [-0.1, -0.05) is 6.92 Å². The molecule has 1 aliphatic rings. The second-order valence-corrected chi connectivity index (χ2v) is 4.68. The highest BCUT2D eigenvalue weighted by Crippen LogP contribution is 2.36. The first kappa shape index (κ1) is 12.0. The lowest BCUT2D eigenvalue weighted by atomic mass is 10.2. The topological polar surface area (TPSA) is 55.2 Å². The first-order chi connectivity index (χ1) is 8.06. The third-order valence-corrected chi connectivity index (χ3v) is 3.16. The monoisotopic (exact) mass is 238 g/mol. The van der Waals surface area contributed by atoms with Crippen LogP contribution in [0.5, 0.6) is 0 Å². The Morgan fingerprint density at radius 3 is 2.82 bits per heavy atom. The van der Waals surface area contributed by atoms with Crippen LogP contribution in [-0.4, -0.2) is 11.5 Å². The molecule has 0 radical (unpaired) electrons. The van der Waals surface area contributed by atoms with Crippen molar-refractivity contribution >= 4 is 5.69 Å². The van der Waals surface area contributed by atoms with Gasteiger partial charge in [-0.25, -0.2) is 4.39 Å². The van der Waals surface area contributed by atoms with Crippen LogP contribution < -0.4 is 5.32 Å². The highest BCUT2D eigenvalue weighted by molar-refractivity contribution is 5.35. The Balaban J connectivity index is 1.92. The molecule has 2 atom stereocenters. The molecule has 0 aliphatic heterocycles. The molecular formula is C12H15FN2O2. The Bertz CT molecular complexity index is 437. The smallest absolute Gasteiger partial charge is 0.272 e. The number of hydrogen-bond acceptors (Lipinski definition) is 3. The lowest BCUT2D eigenvalue weighted by molar-refractivity contribution is -0.385. The minimum absolute atomic E-state index is 0.193. The van der Waals surface area contributed by atoms with Crippen LogP contribution in [0.4, 0.5) is 10.1 Å². The molecule has 0 saturated heterocycles. The summed E-state index contributed by atoms with van der Waals surface area (Å²) in [5.74, 6) is 0.915. The molecule has 5 heteroatoms. The van der Waals surface area contributed by atoms with E-state index < -0.39 is 10.7 Å². The van der Waals surface area contributed by atoms with Gasteiger partial charge in [-0.2, -0.15) is 0 Å². The minimum Gasteiger partial charge on any atom is -0.312 e. The molecule has 4 nitrogen and oxygen atoms in total. The van der Waals surface area contributed by atoms with Crippen molar-refractivity contribution in [3.05, 3.63) is 39.7 Å². The molecule has 0 aromatic heterocycles. The molecule has 1 aromatic carbocycles. The molecule has 17 heavy (non-hydrogen) atoms. The van der Waals surface area contributed by atoms with E-state index in [2.05, 4.69) is 12.2 Å². The van der Waals surface area contributed by atoms with E-state index in [-0.39, 0.29) is 5.69 Å². The van der Waals surface area contributed by atoms with E-state index >= 15 is 0 Å². The average Bonchev–Trinajstić information content (AvgIpc) is 2.93. The van der Waals surface area contributed by atoms with E-state index in [1.807, 2.05) is 0 Å². The molecule has 0 amide bonds. The Labute approximate surface area is 99.0 Å². The zero-order valence-electron chi connectivity index (χ0n) is 9.65. The van der Waals surface area contributed by atoms with Gasteiger partial charge in [-0.15, -0.1) is 0 Å². The predicted molar refractivity (Wildman–Crippen MR) is 62.0 cm³/mol. The quantitative estimate of drug-likeness (QED) is 0.633. The van der Waals surface area contributed by atoms with E-state index in [9.17, 15) is 14.5 Å². The van der Waals surface area contributed by atoms with E-state index in [0.717, 1.165) is 18.5 Å². The SMILES string of the molecule is CC1CC1CNCc1cc(F)cc([N+](=O)[O-])c1. The normalized spacial score (nSPS) is 22.5. The number of nitrogens with one attached hydrogen (secondary N) is 1. The first-order valence-electron chi connectivity index (χ1n) is 5.71. The highest BCUT2D eigenvalue weighted by atomic mass is 19.1. The summed E-state index contributed by atoms with van der Waals surface area (Å²) in [6, 6.07) is 3.68. The summed E-state index contributed by atoms with van der Waals surface area (Å²) in [6.07, 6.45) is 1.23. The van der Waals surface area contributed by atoms with Crippen molar-refractivity contribution in [2.75, 3.05) is 6.54 Å². The standard InChI is InChI=1S/C12H15FN2O2/c1-8-2-10(8)7-14-6-9-3-11(13)5-12(4-9)15(16)17/h3-5,8,10,14H,2,6-7H2,1H3. The summed E-state index contributed by atoms with van der Waals surface area (Å²) in [7, 11) is 0. The van der Waals surface area contributed by atoms with Gasteiger partial charge in [0.05, 0.1) is 11.0 Å². The number of hydrogen-bond donors (Lipinski definition) is 1. The van der Waals surface area contributed by atoms with Crippen molar-refractivity contribution in [2.45, 2.75) is 19.9 Å². The van der Waals surface area contributed by atoms with Gasteiger partial charge in [0, 0.05) is 12.6 Å². The molecule has 0 bridgehead atoms. The minimum atomic E-state index is -0.574. The van der Waals surface area contributed by atoms with Crippen LogP contribution in [0, 0.1) is 27.8 Å².